The molecule has 1 saturated carbocycles. The van der Waals surface area contributed by atoms with Crippen LogP contribution in [0, 0.1) is 11.8 Å². The van der Waals surface area contributed by atoms with Gasteiger partial charge in [0.1, 0.15) is 6.33 Å². The Morgan fingerprint density at radius 3 is 2.58 bits per heavy atom. The van der Waals surface area contributed by atoms with Crippen molar-refractivity contribution in [3.63, 3.8) is 0 Å². The smallest absolute Gasteiger partial charge is 0.271 e. The van der Waals surface area contributed by atoms with E-state index in [1.54, 1.807) is 18.1 Å². The Morgan fingerprint density at radius 1 is 1.27 bits per heavy atom. The van der Waals surface area contributed by atoms with Crippen LogP contribution in [0.1, 0.15) is 49.0 Å². The zero-order chi connectivity index (χ0) is 18.5. The molecule has 0 spiro atoms. The van der Waals surface area contributed by atoms with Gasteiger partial charge in [-0.05, 0) is 42.4 Å². The van der Waals surface area contributed by atoms with Crippen molar-refractivity contribution in [2.45, 2.75) is 44.0 Å². The van der Waals surface area contributed by atoms with E-state index in [0.717, 1.165) is 35.0 Å². The molecule has 1 aromatic heterocycles. The summed E-state index contributed by atoms with van der Waals surface area (Å²) in [6, 6.07) is 7.63. The standard InChI is InChI=1S/C19H25N5OS/c1-13-5-4-6-14(2)17(13)21-22-18(25)16-9-7-15(8-10-16)11-26-19-23-20-12-24(19)3/h7-10,12-14H,4-6,11H2,1-3H3,(H,22,25)/t13-,14-/m1/s1. The zero-order valence-electron chi connectivity index (χ0n) is 15.5. The number of amides is 1. The number of rotatable bonds is 5. The molecule has 1 fully saturated rings. The van der Waals surface area contributed by atoms with Gasteiger partial charge in [-0.2, -0.15) is 5.10 Å². The largest absolute Gasteiger partial charge is 0.312 e. The van der Waals surface area contributed by atoms with Crippen molar-refractivity contribution in [1.29, 1.82) is 0 Å². The van der Waals surface area contributed by atoms with Crippen LogP contribution in [0.3, 0.4) is 0 Å². The molecule has 2 aromatic rings. The van der Waals surface area contributed by atoms with Gasteiger partial charge in [0.2, 0.25) is 0 Å². The highest BCUT2D eigenvalue weighted by molar-refractivity contribution is 7.98. The van der Waals surface area contributed by atoms with Crippen LogP contribution in [0.15, 0.2) is 40.9 Å². The summed E-state index contributed by atoms with van der Waals surface area (Å²) in [6.45, 7) is 4.37. The van der Waals surface area contributed by atoms with Gasteiger partial charge in [0, 0.05) is 24.1 Å². The van der Waals surface area contributed by atoms with Gasteiger partial charge >= 0.3 is 0 Å². The molecule has 1 aromatic carbocycles. The maximum Gasteiger partial charge on any atom is 0.271 e. The minimum Gasteiger partial charge on any atom is -0.312 e. The Hall–Kier alpha value is -2.15. The fourth-order valence-electron chi connectivity index (χ4n) is 3.22. The SMILES string of the molecule is C[C@@H]1CCC[C@@H](C)C1=NNC(=O)c1ccc(CSc2nncn2C)cc1. The monoisotopic (exact) mass is 371 g/mol. The number of aryl methyl sites for hydroxylation is 1. The summed E-state index contributed by atoms with van der Waals surface area (Å²) in [5.41, 5.74) is 5.60. The van der Waals surface area contributed by atoms with Gasteiger partial charge in [0.25, 0.3) is 5.91 Å². The number of hydrogen-bond donors (Lipinski definition) is 1. The third-order valence-corrected chi connectivity index (χ3v) is 5.93. The predicted octanol–water partition coefficient (Wildman–Crippen LogP) is 3.65. The van der Waals surface area contributed by atoms with Gasteiger partial charge in [-0.15, -0.1) is 10.2 Å². The van der Waals surface area contributed by atoms with Crippen molar-refractivity contribution in [2.75, 3.05) is 0 Å². The average Bonchev–Trinajstić information content (AvgIpc) is 3.05. The Kier molecular flexibility index (Phi) is 6.08. The van der Waals surface area contributed by atoms with Crippen LogP contribution in [0.5, 0.6) is 0 Å². The lowest BCUT2D eigenvalue weighted by molar-refractivity contribution is 0.0954. The molecule has 7 heteroatoms. The van der Waals surface area contributed by atoms with Crippen LogP contribution < -0.4 is 5.43 Å². The molecule has 1 amide bonds. The fourth-order valence-corrected chi connectivity index (χ4v) is 4.06. The highest BCUT2D eigenvalue weighted by Gasteiger charge is 2.23. The summed E-state index contributed by atoms with van der Waals surface area (Å²) in [6.07, 6.45) is 5.22. The Balaban J connectivity index is 1.57. The van der Waals surface area contributed by atoms with Crippen LogP contribution >= 0.6 is 11.8 Å². The first-order valence-electron chi connectivity index (χ1n) is 8.98. The summed E-state index contributed by atoms with van der Waals surface area (Å²) in [5, 5.41) is 13.2. The van der Waals surface area contributed by atoms with Gasteiger partial charge < -0.3 is 4.57 Å². The molecule has 3 rings (SSSR count). The third kappa shape index (κ3) is 4.52. The van der Waals surface area contributed by atoms with E-state index in [1.165, 1.54) is 6.42 Å². The predicted molar refractivity (Wildman–Crippen MR) is 104 cm³/mol. The van der Waals surface area contributed by atoms with Gasteiger partial charge in [0.15, 0.2) is 5.16 Å². The number of aromatic nitrogens is 3. The van der Waals surface area contributed by atoms with Crippen molar-refractivity contribution in [1.82, 2.24) is 20.2 Å². The summed E-state index contributed by atoms with van der Waals surface area (Å²) in [7, 11) is 1.92. The van der Waals surface area contributed by atoms with E-state index in [9.17, 15) is 4.79 Å². The molecular weight excluding hydrogens is 346 g/mol. The van der Waals surface area contributed by atoms with Crippen molar-refractivity contribution < 1.29 is 4.79 Å². The number of hydrazone groups is 1. The van der Waals surface area contributed by atoms with Crippen LogP contribution in [-0.2, 0) is 12.8 Å². The Labute approximate surface area is 158 Å². The molecule has 1 aliphatic carbocycles. The van der Waals surface area contributed by atoms with E-state index >= 15 is 0 Å². The minimum absolute atomic E-state index is 0.157. The summed E-state index contributed by atoms with van der Waals surface area (Å²) >= 11 is 1.62. The van der Waals surface area contributed by atoms with E-state index in [0.29, 0.717) is 17.4 Å². The van der Waals surface area contributed by atoms with Gasteiger partial charge in [-0.1, -0.05) is 44.2 Å². The first-order valence-corrected chi connectivity index (χ1v) is 9.96. The van der Waals surface area contributed by atoms with Crippen LogP contribution in [-0.4, -0.2) is 26.4 Å². The Morgan fingerprint density at radius 2 is 1.96 bits per heavy atom. The molecule has 6 nitrogen and oxygen atoms in total. The number of carbonyl (C=O) groups excluding carboxylic acids is 1. The second-order valence-electron chi connectivity index (χ2n) is 6.92. The minimum atomic E-state index is -0.157. The maximum absolute atomic E-state index is 12.4. The van der Waals surface area contributed by atoms with Gasteiger partial charge in [0.05, 0.1) is 0 Å². The lowest BCUT2D eigenvalue weighted by Gasteiger charge is -2.26. The molecule has 26 heavy (non-hydrogen) atoms. The summed E-state index contributed by atoms with van der Waals surface area (Å²) in [4.78, 5) is 12.4. The molecule has 0 radical (unpaired) electrons. The normalized spacial score (nSPS) is 20.0. The summed E-state index contributed by atoms with van der Waals surface area (Å²) in [5.74, 6) is 1.51. The first-order chi connectivity index (χ1) is 12.5. The molecule has 0 unspecified atom stereocenters. The second-order valence-corrected chi connectivity index (χ2v) is 7.86. The Bertz CT molecular complexity index is 771. The van der Waals surface area contributed by atoms with Crippen molar-refractivity contribution >= 4 is 23.4 Å². The summed E-state index contributed by atoms with van der Waals surface area (Å²) < 4.78 is 1.89. The van der Waals surface area contributed by atoms with E-state index < -0.39 is 0 Å². The van der Waals surface area contributed by atoms with Crippen molar-refractivity contribution in [2.24, 2.45) is 24.0 Å². The molecule has 1 N–H and O–H groups in total. The molecule has 138 valence electrons. The number of nitrogens with one attached hydrogen (secondary N) is 1. The number of carbonyl (C=O) groups is 1. The van der Waals surface area contributed by atoms with E-state index in [4.69, 9.17) is 0 Å². The van der Waals surface area contributed by atoms with Gasteiger partial charge in [-0.3, -0.25) is 4.79 Å². The molecular formula is C19H25N5OS. The molecule has 0 bridgehead atoms. The van der Waals surface area contributed by atoms with Crippen molar-refractivity contribution in [3.05, 3.63) is 41.7 Å². The number of nitrogens with zero attached hydrogens (tertiary/aromatic N) is 4. The maximum atomic E-state index is 12.4. The topological polar surface area (TPSA) is 72.2 Å². The van der Waals surface area contributed by atoms with E-state index in [1.807, 2.05) is 35.9 Å². The average molecular weight is 372 g/mol. The molecule has 0 aliphatic heterocycles. The number of thioether (sulfide) groups is 1. The number of hydrogen-bond acceptors (Lipinski definition) is 5. The molecule has 1 heterocycles. The van der Waals surface area contributed by atoms with E-state index in [-0.39, 0.29) is 5.91 Å². The molecule has 0 saturated heterocycles. The highest BCUT2D eigenvalue weighted by atomic mass is 32.2. The van der Waals surface area contributed by atoms with Gasteiger partial charge in [-0.25, -0.2) is 5.43 Å². The lowest BCUT2D eigenvalue weighted by atomic mass is 9.81. The third-order valence-electron chi connectivity index (χ3n) is 4.82. The van der Waals surface area contributed by atoms with E-state index in [2.05, 4.69) is 34.6 Å². The molecule has 1 aliphatic rings. The quantitative estimate of drug-likeness (QED) is 0.643. The van der Waals surface area contributed by atoms with Crippen molar-refractivity contribution in [3.8, 4) is 0 Å². The van der Waals surface area contributed by atoms with Crippen LogP contribution in [0.25, 0.3) is 0 Å². The fraction of sp³-hybridized carbons (Fsp3) is 0.474. The highest BCUT2D eigenvalue weighted by Crippen LogP contribution is 2.26. The lowest BCUT2D eigenvalue weighted by Crippen LogP contribution is -2.29. The molecule has 2 atom stereocenters. The number of benzene rings is 1. The van der Waals surface area contributed by atoms with Crippen LogP contribution in [0.2, 0.25) is 0 Å². The zero-order valence-corrected chi connectivity index (χ0v) is 16.3. The second kappa shape index (κ2) is 8.49. The first kappa shape index (κ1) is 18.6. The van der Waals surface area contributed by atoms with Crippen LogP contribution in [0.4, 0.5) is 0 Å².